The maximum absolute atomic E-state index is 12.2. The van der Waals surface area contributed by atoms with Gasteiger partial charge in [0.1, 0.15) is 0 Å². The Balaban J connectivity index is 2.53. The van der Waals surface area contributed by atoms with Gasteiger partial charge < -0.3 is 14.2 Å². The fourth-order valence-electron chi connectivity index (χ4n) is 2.26. The molecule has 0 radical (unpaired) electrons. The van der Waals surface area contributed by atoms with E-state index in [1.165, 1.54) is 0 Å². The van der Waals surface area contributed by atoms with Crippen LogP contribution in [-0.4, -0.2) is 36.4 Å². The SMILES string of the molecule is CCCCOC(=O)[C@@]1(C/C=C/C(C)(C)OCCCC)CC(=O)O1. The van der Waals surface area contributed by atoms with Crippen LogP contribution < -0.4 is 0 Å². The second-order valence-electron chi connectivity index (χ2n) is 6.55. The summed E-state index contributed by atoms with van der Waals surface area (Å²) >= 11 is 0. The quantitative estimate of drug-likeness (QED) is 0.330. The molecule has 23 heavy (non-hydrogen) atoms. The number of hydrogen-bond acceptors (Lipinski definition) is 5. The van der Waals surface area contributed by atoms with E-state index in [1.807, 2.05) is 32.9 Å². The summed E-state index contributed by atoms with van der Waals surface area (Å²) in [5.74, 6) is -0.802. The van der Waals surface area contributed by atoms with E-state index in [1.54, 1.807) is 0 Å². The van der Waals surface area contributed by atoms with Crippen molar-refractivity contribution in [3.05, 3.63) is 12.2 Å². The molecule has 1 atom stereocenters. The van der Waals surface area contributed by atoms with E-state index in [0.717, 1.165) is 25.7 Å². The fourth-order valence-corrected chi connectivity index (χ4v) is 2.26. The summed E-state index contributed by atoms with van der Waals surface area (Å²) in [5.41, 5.74) is -1.54. The summed E-state index contributed by atoms with van der Waals surface area (Å²) < 4.78 is 16.1. The molecule has 1 aliphatic rings. The molecule has 0 aromatic carbocycles. The first-order chi connectivity index (χ1) is 10.9. The highest BCUT2D eigenvalue weighted by atomic mass is 16.6. The molecule has 5 heteroatoms. The van der Waals surface area contributed by atoms with Crippen LogP contribution in [0.4, 0.5) is 0 Å². The van der Waals surface area contributed by atoms with Gasteiger partial charge in [0.2, 0.25) is 5.60 Å². The van der Waals surface area contributed by atoms with Crippen LogP contribution >= 0.6 is 0 Å². The van der Waals surface area contributed by atoms with E-state index in [-0.39, 0.29) is 12.4 Å². The zero-order valence-corrected chi connectivity index (χ0v) is 14.9. The van der Waals surface area contributed by atoms with E-state index in [2.05, 4.69) is 6.92 Å². The van der Waals surface area contributed by atoms with Crippen LogP contribution in [0.5, 0.6) is 0 Å². The lowest BCUT2D eigenvalue weighted by Crippen LogP contribution is -2.54. The molecule has 1 rings (SSSR count). The van der Waals surface area contributed by atoms with Gasteiger partial charge in [0.05, 0.1) is 18.6 Å². The molecule has 0 aromatic heterocycles. The second kappa shape index (κ2) is 9.06. The third-order valence-corrected chi connectivity index (χ3v) is 3.78. The molecule has 0 unspecified atom stereocenters. The molecule has 0 N–H and O–H groups in total. The van der Waals surface area contributed by atoms with Crippen molar-refractivity contribution in [2.24, 2.45) is 0 Å². The van der Waals surface area contributed by atoms with Gasteiger partial charge in [-0.05, 0) is 26.7 Å². The Labute approximate surface area is 139 Å². The molecule has 0 spiro atoms. The summed E-state index contributed by atoms with van der Waals surface area (Å²) in [7, 11) is 0. The highest BCUT2D eigenvalue weighted by Gasteiger charge is 2.53. The number of carbonyl (C=O) groups excluding carboxylic acids is 2. The summed E-state index contributed by atoms with van der Waals surface area (Å²) in [6.45, 7) is 9.15. The van der Waals surface area contributed by atoms with Gasteiger partial charge in [0.25, 0.3) is 0 Å². The lowest BCUT2D eigenvalue weighted by atomic mass is 9.89. The number of ether oxygens (including phenoxy) is 3. The van der Waals surface area contributed by atoms with Gasteiger partial charge in [0, 0.05) is 13.0 Å². The molecule has 132 valence electrons. The van der Waals surface area contributed by atoms with Crippen LogP contribution in [0.2, 0.25) is 0 Å². The molecule has 1 heterocycles. The van der Waals surface area contributed by atoms with Gasteiger partial charge in [-0.25, -0.2) is 4.79 Å². The van der Waals surface area contributed by atoms with Crippen LogP contribution in [-0.2, 0) is 23.8 Å². The fraction of sp³-hybridized carbons (Fsp3) is 0.778. The van der Waals surface area contributed by atoms with Crippen molar-refractivity contribution >= 4 is 11.9 Å². The lowest BCUT2D eigenvalue weighted by Gasteiger charge is -2.37. The van der Waals surface area contributed by atoms with E-state index in [4.69, 9.17) is 14.2 Å². The molecule has 1 saturated heterocycles. The van der Waals surface area contributed by atoms with Crippen molar-refractivity contribution in [1.29, 1.82) is 0 Å². The maximum Gasteiger partial charge on any atom is 0.351 e. The van der Waals surface area contributed by atoms with E-state index >= 15 is 0 Å². The van der Waals surface area contributed by atoms with Crippen LogP contribution in [0, 0.1) is 0 Å². The minimum atomic E-state index is -1.14. The molecule has 1 fully saturated rings. The van der Waals surface area contributed by atoms with E-state index < -0.39 is 17.2 Å². The second-order valence-corrected chi connectivity index (χ2v) is 6.55. The minimum absolute atomic E-state index is 0.0828. The zero-order valence-electron chi connectivity index (χ0n) is 14.9. The molecule has 0 saturated carbocycles. The number of unbranched alkanes of at least 4 members (excludes halogenated alkanes) is 2. The molecule has 0 aromatic rings. The Morgan fingerprint density at radius 3 is 2.43 bits per heavy atom. The van der Waals surface area contributed by atoms with Gasteiger partial charge in [-0.1, -0.05) is 38.8 Å². The number of carbonyl (C=O) groups is 2. The molecular weight excluding hydrogens is 296 g/mol. The summed E-state index contributed by atoms with van der Waals surface area (Å²) in [6, 6.07) is 0. The normalized spacial score (nSPS) is 21.1. The number of rotatable bonds is 11. The maximum atomic E-state index is 12.2. The predicted octanol–water partition coefficient (Wildman–Crippen LogP) is 3.56. The van der Waals surface area contributed by atoms with Crippen molar-refractivity contribution < 1.29 is 23.8 Å². The van der Waals surface area contributed by atoms with Crippen molar-refractivity contribution in [2.45, 2.75) is 77.4 Å². The van der Waals surface area contributed by atoms with Crippen LogP contribution in [0.25, 0.3) is 0 Å². The Kier molecular flexibility index (Phi) is 7.76. The molecular formula is C18H30O5. The minimum Gasteiger partial charge on any atom is -0.463 e. The molecule has 0 aliphatic carbocycles. The molecule has 0 bridgehead atoms. The Bertz CT molecular complexity index is 417. The first-order valence-electron chi connectivity index (χ1n) is 8.56. The molecule has 1 aliphatic heterocycles. The van der Waals surface area contributed by atoms with E-state index in [9.17, 15) is 9.59 Å². The first-order valence-corrected chi connectivity index (χ1v) is 8.56. The Hall–Kier alpha value is -1.36. The predicted molar refractivity (Wildman–Crippen MR) is 88.0 cm³/mol. The summed E-state index contributed by atoms with van der Waals surface area (Å²) in [6.07, 6.45) is 8.03. The van der Waals surface area contributed by atoms with Crippen molar-refractivity contribution in [1.82, 2.24) is 0 Å². The lowest BCUT2D eigenvalue weighted by molar-refractivity contribution is -0.207. The first kappa shape index (κ1) is 19.7. The van der Waals surface area contributed by atoms with Gasteiger partial charge in [-0.15, -0.1) is 0 Å². The monoisotopic (exact) mass is 326 g/mol. The topological polar surface area (TPSA) is 61.8 Å². The number of cyclic esters (lactones) is 1. The zero-order chi connectivity index (χ0) is 17.3. The van der Waals surface area contributed by atoms with Crippen LogP contribution in [0.3, 0.4) is 0 Å². The highest BCUT2D eigenvalue weighted by molar-refractivity contribution is 5.93. The summed E-state index contributed by atoms with van der Waals surface area (Å²) in [5, 5.41) is 0. The van der Waals surface area contributed by atoms with Crippen molar-refractivity contribution in [3.8, 4) is 0 Å². The van der Waals surface area contributed by atoms with Crippen molar-refractivity contribution in [3.63, 3.8) is 0 Å². The average Bonchev–Trinajstić information content (AvgIpc) is 2.45. The van der Waals surface area contributed by atoms with Gasteiger partial charge >= 0.3 is 11.9 Å². The van der Waals surface area contributed by atoms with E-state index in [0.29, 0.717) is 19.6 Å². The number of esters is 2. The van der Waals surface area contributed by atoms with Gasteiger partial charge in [0.15, 0.2) is 0 Å². The smallest absolute Gasteiger partial charge is 0.351 e. The third kappa shape index (κ3) is 6.34. The van der Waals surface area contributed by atoms with Crippen LogP contribution in [0.15, 0.2) is 12.2 Å². The van der Waals surface area contributed by atoms with Gasteiger partial charge in [-0.2, -0.15) is 0 Å². The largest absolute Gasteiger partial charge is 0.463 e. The Morgan fingerprint density at radius 2 is 1.87 bits per heavy atom. The number of hydrogen-bond donors (Lipinski definition) is 0. The highest BCUT2D eigenvalue weighted by Crippen LogP contribution is 2.33. The molecule has 0 amide bonds. The third-order valence-electron chi connectivity index (χ3n) is 3.78. The Morgan fingerprint density at radius 1 is 1.26 bits per heavy atom. The average molecular weight is 326 g/mol. The molecule has 5 nitrogen and oxygen atoms in total. The standard InChI is InChI=1S/C18H30O5/c1-5-7-12-21-16(20)18(14-15(19)23-18)11-9-10-17(3,4)22-13-8-6-2/h9-10H,5-8,11-14H2,1-4H3/b10-9+/t18-/m1/s1. The van der Waals surface area contributed by atoms with Crippen LogP contribution in [0.1, 0.15) is 66.2 Å². The van der Waals surface area contributed by atoms with Crippen molar-refractivity contribution in [2.75, 3.05) is 13.2 Å². The summed E-state index contributed by atoms with van der Waals surface area (Å²) in [4.78, 5) is 23.4. The van der Waals surface area contributed by atoms with Gasteiger partial charge in [-0.3, -0.25) is 4.79 Å².